The molecule has 1 aliphatic carbocycles. The van der Waals surface area contributed by atoms with Crippen LogP contribution in [0.25, 0.3) is 0 Å². The van der Waals surface area contributed by atoms with E-state index < -0.39 is 29.5 Å². The second-order valence-corrected chi connectivity index (χ2v) is 6.55. The van der Waals surface area contributed by atoms with Crippen molar-refractivity contribution in [2.45, 2.75) is 56.5 Å². The molecule has 23 heavy (non-hydrogen) atoms. The molecule has 0 radical (unpaired) electrons. The molecule has 2 heterocycles. The number of urea groups is 1. The first kappa shape index (κ1) is 15.8. The quantitative estimate of drug-likeness (QED) is 0.727. The Balaban J connectivity index is 1.71. The van der Waals surface area contributed by atoms with E-state index in [4.69, 9.17) is 0 Å². The number of piperidine rings is 1. The number of carbonyl (C=O) groups is 4. The molecule has 126 valence electrons. The number of carboxylic acids is 1. The zero-order valence-corrected chi connectivity index (χ0v) is 12.9. The van der Waals surface area contributed by atoms with E-state index in [0.29, 0.717) is 25.8 Å². The normalized spacial score (nSPS) is 26.7. The van der Waals surface area contributed by atoms with Crippen molar-refractivity contribution in [3.8, 4) is 0 Å². The molecule has 0 aromatic carbocycles. The summed E-state index contributed by atoms with van der Waals surface area (Å²) in [6, 6.07) is -1.41. The predicted octanol–water partition coefficient (Wildman–Crippen LogP) is 0.317. The Morgan fingerprint density at radius 1 is 1.17 bits per heavy atom. The minimum atomic E-state index is -1.04. The van der Waals surface area contributed by atoms with E-state index in [9.17, 15) is 24.3 Å². The lowest BCUT2D eigenvalue weighted by molar-refractivity contribution is -0.152. The highest BCUT2D eigenvalue weighted by molar-refractivity contribution is 6.09. The van der Waals surface area contributed by atoms with Crippen LogP contribution in [0.1, 0.15) is 44.9 Å². The number of hydrogen-bond acceptors (Lipinski definition) is 4. The molecule has 0 aromatic rings. The topological polar surface area (TPSA) is 107 Å². The zero-order valence-electron chi connectivity index (χ0n) is 12.9. The maximum absolute atomic E-state index is 12.5. The summed E-state index contributed by atoms with van der Waals surface area (Å²) < 4.78 is 0. The molecular weight excluding hydrogens is 302 g/mol. The predicted molar refractivity (Wildman–Crippen MR) is 78.4 cm³/mol. The molecule has 2 aliphatic heterocycles. The van der Waals surface area contributed by atoms with E-state index in [1.54, 1.807) is 0 Å². The van der Waals surface area contributed by atoms with Crippen LogP contribution in [0.2, 0.25) is 0 Å². The lowest BCUT2D eigenvalue weighted by Gasteiger charge is -2.33. The second kappa shape index (κ2) is 5.82. The molecule has 3 aliphatic rings. The van der Waals surface area contributed by atoms with Crippen LogP contribution in [0.5, 0.6) is 0 Å². The van der Waals surface area contributed by atoms with Crippen molar-refractivity contribution in [3.05, 3.63) is 0 Å². The van der Waals surface area contributed by atoms with E-state index in [0.717, 1.165) is 30.6 Å². The van der Waals surface area contributed by atoms with Crippen molar-refractivity contribution < 1.29 is 24.3 Å². The number of rotatable bonds is 3. The average molecular weight is 323 g/mol. The lowest BCUT2D eigenvalue weighted by atomic mass is 9.98. The molecule has 1 spiro atoms. The van der Waals surface area contributed by atoms with Crippen molar-refractivity contribution in [1.29, 1.82) is 0 Å². The Morgan fingerprint density at radius 3 is 2.52 bits per heavy atom. The summed E-state index contributed by atoms with van der Waals surface area (Å²) in [6.07, 6.45) is 4.85. The molecule has 1 atom stereocenters. The fourth-order valence-electron chi connectivity index (χ4n) is 3.85. The van der Waals surface area contributed by atoms with E-state index in [1.807, 2.05) is 0 Å². The van der Waals surface area contributed by atoms with Gasteiger partial charge >= 0.3 is 12.0 Å². The Labute approximate surface area is 133 Å². The van der Waals surface area contributed by atoms with Gasteiger partial charge in [0, 0.05) is 6.54 Å². The first-order valence-corrected chi connectivity index (χ1v) is 8.11. The smallest absolute Gasteiger partial charge is 0.326 e. The lowest BCUT2D eigenvalue weighted by Crippen LogP contribution is -2.52. The van der Waals surface area contributed by atoms with Crippen molar-refractivity contribution in [1.82, 2.24) is 15.1 Å². The first-order chi connectivity index (χ1) is 10.9. The van der Waals surface area contributed by atoms with Crippen molar-refractivity contribution in [3.63, 3.8) is 0 Å². The Kier molecular flexibility index (Phi) is 3.99. The maximum Gasteiger partial charge on any atom is 0.326 e. The minimum Gasteiger partial charge on any atom is -0.480 e. The number of carbonyl (C=O) groups excluding carboxylic acids is 3. The Morgan fingerprint density at radius 2 is 1.87 bits per heavy atom. The van der Waals surface area contributed by atoms with Gasteiger partial charge in [-0.3, -0.25) is 14.5 Å². The Bertz CT molecular complexity index is 555. The molecule has 1 unspecified atom stereocenters. The number of likely N-dealkylation sites (tertiary alicyclic amines) is 1. The van der Waals surface area contributed by atoms with Crippen LogP contribution in [0, 0.1) is 0 Å². The number of carboxylic acid groups (broad SMARTS) is 1. The van der Waals surface area contributed by atoms with Gasteiger partial charge in [0.1, 0.15) is 18.1 Å². The van der Waals surface area contributed by atoms with E-state index in [2.05, 4.69) is 5.32 Å². The number of amides is 4. The summed E-state index contributed by atoms with van der Waals surface area (Å²) in [5, 5.41) is 12.0. The third-order valence-electron chi connectivity index (χ3n) is 5.10. The molecule has 8 heteroatoms. The van der Waals surface area contributed by atoms with Crippen LogP contribution < -0.4 is 5.32 Å². The van der Waals surface area contributed by atoms with Crippen LogP contribution in [0.4, 0.5) is 4.79 Å². The van der Waals surface area contributed by atoms with Crippen LogP contribution >= 0.6 is 0 Å². The van der Waals surface area contributed by atoms with Gasteiger partial charge in [0.25, 0.3) is 5.91 Å². The summed E-state index contributed by atoms with van der Waals surface area (Å²) in [6.45, 7) is -0.0270. The summed E-state index contributed by atoms with van der Waals surface area (Å²) in [5.41, 5.74) is -0.842. The molecule has 0 aromatic heterocycles. The van der Waals surface area contributed by atoms with Gasteiger partial charge in [-0.25, -0.2) is 9.59 Å². The maximum atomic E-state index is 12.5. The van der Waals surface area contributed by atoms with E-state index >= 15 is 0 Å². The molecule has 3 fully saturated rings. The first-order valence-electron chi connectivity index (χ1n) is 8.11. The van der Waals surface area contributed by atoms with Crippen LogP contribution in [0.3, 0.4) is 0 Å². The third kappa shape index (κ3) is 2.66. The van der Waals surface area contributed by atoms with Gasteiger partial charge in [-0.05, 0) is 32.1 Å². The number of hydrogen-bond donors (Lipinski definition) is 2. The zero-order chi connectivity index (χ0) is 16.6. The largest absolute Gasteiger partial charge is 0.480 e. The van der Waals surface area contributed by atoms with Gasteiger partial charge in [0.2, 0.25) is 5.91 Å². The van der Waals surface area contributed by atoms with E-state index in [1.165, 1.54) is 4.90 Å². The highest BCUT2D eigenvalue weighted by Crippen LogP contribution is 2.35. The van der Waals surface area contributed by atoms with E-state index in [-0.39, 0.29) is 12.5 Å². The number of imide groups is 1. The Hall–Kier alpha value is -2.12. The van der Waals surface area contributed by atoms with Gasteiger partial charge in [-0.1, -0.05) is 12.8 Å². The monoisotopic (exact) mass is 323 g/mol. The fourth-order valence-corrected chi connectivity index (χ4v) is 3.85. The molecule has 1 saturated carbocycles. The van der Waals surface area contributed by atoms with Crippen LogP contribution in [-0.2, 0) is 14.4 Å². The summed E-state index contributed by atoms with van der Waals surface area (Å²) in [5.74, 6) is -1.87. The minimum absolute atomic E-state index is 0.350. The van der Waals surface area contributed by atoms with Gasteiger partial charge in [-0.2, -0.15) is 0 Å². The summed E-state index contributed by atoms with van der Waals surface area (Å²) in [7, 11) is 0. The molecular formula is C15H21N3O5. The van der Waals surface area contributed by atoms with Crippen molar-refractivity contribution in [2.24, 2.45) is 0 Å². The van der Waals surface area contributed by atoms with Gasteiger partial charge < -0.3 is 15.3 Å². The number of nitrogens with zero attached hydrogens (tertiary/aromatic N) is 2. The van der Waals surface area contributed by atoms with Gasteiger partial charge in [0.15, 0.2) is 0 Å². The number of nitrogens with one attached hydrogen (secondary N) is 1. The highest BCUT2D eigenvalue weighted by Gasteiger charge is 2.53. The standard InChI is InChI=1S/C15H21N3O5/c19-11(17-8-4-1-5-10(17)12(20)21)9-18-13(22)15(16-14(18)23)6-2-3-7-15/h10H,1-9H2,(H,16,23)(H,20,21). The summed E-state index contributed by atoms with van der Waals surface area (Å²) in [4.78, 5) is 50.6. The molecule has 0 bridgehead atoms. The molecule has 3 rings (SSSR count). The molecule has 8 nitrogen and oxygen atoms in total. The second-order valence-electron chi connectivity index (χ2n) is 6.55. The average Bonchev–Trinajstić information content (AvgIpc) is 3.08. The van der Waals surface area contributed by atoms with Gasteiger partial charge in [0.05, 0.1) is 0 Å². The molecule has 4 amide bonds. The van der Waals surface area contributed by atoms with Crippen LogP contribution in [-0.4, -0.2) is 63.4 Å². The van der Waals surface area contributed by atoms with Crippen molar-refractivity contribution in [2.75, 3.05) is 13.1 Å². The fraction of sp³-hybridized carbons (Fsp3) is 0.733. The van der Waals surface area contributed by atoms with Crippen LogP contribution in [0.15, 0.2) is 0 Å². The molecule has 2 N–H and O–H groups in total. The highest BCUT2D eigenvalue weighted by atomic mass is 16.4. The third-order valence-corrected chi connectivity index (χ3v) is 5.10. The SMILES string of the molecule is O=C(O)C1CCCCN1C(=O)CN1C(=O)NC2(CCCC2)C1=O. The number of aliphatic carboxylic acids is 1. The van der Waals surface area contributed by atoms with Crippen molar-refractivity contribution >= 4 is 23.8 Å². The molecule has 2 saturated heterocycles. The summed E-state index contributed by atoms with van der Waals surface area (Å²) >= 11 is 0. The van der Waals surface area contributed by atoms with Gasteiger partial charge in [-0.15, -0.1) is 0 Å².